The molecule has 1 amide bonds. The number of aromatic nitrogens is 1. The second-order valence-electron chi connectivity index (χ2n) is 7.29. The van der Waals surface area contributed by atoms with Crippen LogP contribution in [0.1, 0.15) is 36.2 Å². The van der Waals surface area contributed by atoms with Gasteiger partial charge in [0, 0.05) is 30.4 Å². The third-order valence-corrected chi connectivity index (χ3v) is 4.52. The summed E-state index contributed by atoms with van der Waals surface area (Å²) in [7, 11) is 1.75. The quantitative estimate of drug-likeness (QED) is 0.506. The molecule has 1 aromatic heterocycles. The molecule has 0 aliphatic carbocycles. The van der Waals surface area contributed by atoms with Crippen molar-refractivity contribution in [3.8, 4) is 0 Å². The lowest BCUT2D eigenvalue weighted by atomic mass is 10.1. The molecule has 0 saturated heterocycles. The SMILES string of the molecule is CN=C(NCCc1ccc(NC(=O)OC(C)(C)C)cc1)NCc1ncc(C)s1. The molecule has 8 heteroatoms. The maximum atomic E-state index is 11.8. The molecular formula is C20H29N5O2S. The maximum Gasteiger partial charge on any atom is 0.412 e. The number of thiazole rings is 1. The lowest BCUT2D eigenvalue weighted by molar-refractivity contribution is 0.0636. The summed E-state index contributed by atoms with van der Waals surface area (Å²) >= 11 is 1.67. The molecule has 7 nitrogen and oxygen atoms in total. The number of hydrogen-bond donors (Lipinski definition) is 3. The fourth-order valence-corrected chi connectivity index (χ4v) is 3.09. The maximum absolute atomic E-state index is 11.8. The number of guanidine groups is 1. The van der Waals surface area contributed by atoms with E-state index in [0.717, 1.165) is 29.5 Å². The van der Waals surface area contributed by atoms with Crippen molar-refractivity contribution < 1.29 is 9.53 Å². The van der Waals surface area contributed by atoms with Crippen molar-refractivity contribution in [2.45, 2.75) is 46.3 Å². The second kappa shape index (κ2) is 10.1. The van der Waals surface area contributed by atoms with Crippen LogP contribution >= 0.6 is 11.3 Å². The molecule has 3 N–H and O–H groups in total. The Labute approximate surface area is 170 Å². The van der Waals surface area contributed by atoms with Crippen LogP contribution in [0.4, 0.5) is 10.5 Å². The van der Waals surface area contributed by atoms with Gasteiger partial charge >= 0.3 is 6.09 Å². The second-order valence-corrected chi connectivity index (χ2v) is 8.61. The number of benzene rings is 1. The predicted molar refractivity (Wildman–Crippen MR) is 115 cm³/mol. The number of rotatable bonds is 6. The molecule has 2 aromatic rings. The van der Waals surface area contributed by atoms with E-state index < -0.39 is 11.7 Å². The van der Waals surface area contributed by atoms with E-state index in [9.17, 15) is 4.79 Å². The van der Waals surface area contributed by atoms with E-state index in [-0.39, 0.29) is 0 Å². The average Bonchev–Trinajstić information content (AvgIpc) is 3.03. The zero-order valence-corrected chi connectivity index (χ0v) is 17.9. The molecule has 28 heavy (non-hydrogen) atoms. The molecule has 0 bridgehead atoms. The van der Waals surface area contributed by atoms with Crippen LogP contribution in [0.2, 0.25) is 0 Å². The summed E-state index contributed by atoms with van der Waals surface area (Å²) in [5.74, 6) is 0.746. The Morgan fingerprint density at radius 1 is 1.21 bits per heavy atom. The van der Waals surface area contributed by atoms with Crippen molar-refractivity contribution in [1.82, 2.24) is 15.6 Å². The molecule has 2 rings (SSSR count). The topological polar surface area (TPSA) is 87.6 Å². The van der Waals surface area contributed by atoms with Gasteiger partial charge in [-0.25, -0.2) is 9.78 Å². The summed E-state index contributed by atoms with van der Waals surface area (Å²) in [6, 6.07) is 7.72. The zero-order valence-electron chi connectivity index (χ0n) is 17.1. The largest absolute Gasteiger partial charge is 0.444 e. The summed E-state index contributed by atoms with van der Waals surface area (Å²) in [5, 5.41) is 10.3. The standard InChI is InChI=1S/C20H29N5O2S/c1-14-12-23-17(28-14)13-24-18(21-5)22-11-10-15-6-8-16(9-7-15)25-19(26)27-20(2,3)4/h6-9,12H,10-11,13H2,1-5H3,(H,25,26)(H2,21,22,24). The van der Waals surface area contributed by atoms with Crippen LogP contribution in [0.5, 0.6) is 0 Å². The Balaban J connectivity index is 1.73. The molecule has 152 valence electrons. The van der Waals surface area contributed by atoms with Crippen LogP contribution in [0.15, 0.2) is 35.5 Å². The summed E-state index contributed by atoms with van der Waals surface area (Å²) < 4.78 is 5.25. The van der Waals surface area contributed by atoms with Gasteiger partial charge in [0.1, 0.15) is 10.6 Å². The Hall–Kier alpha value is -2.61. The number of carbonyl (C=O) groups excluding carboxylic acids is 1. The van der Waals surface area contributed by atoms with Gasteiger partial charge < -0.3 is 15.4 Å². The first-order valence-electron chi connectivity index (χ1n) is 9.20. The van der Waals surface area contributed by atoms with E-state index in [0.29, 0.717) is 12.2 Å². The molecule has 0 aliphatic rings. The van der Waals surface area contributed by atoms with Crippen molar-refractivity contribution in [3.05, 3.63) is 45.9 Å². The summed E-state index contributed by atoms with van der Waals surface area (Å²) in [6.07, 6.45) is 2.26. The van der Waals surface area contributed by atoms with Crippen LogP contribution in [-0.2, 0) is 17.7 Å². The summed E-state index contributed by atoms with van der Waals surface area (Å²) in [5.41, 5.74) is 1.36. The zero-order chi connectivity index (χ0) is 20.6. The average molecular weight is 404 g/mol. The Morgan fingerprint density at radius 2 is 1.93 bits per heavy atom. The number of aryl methyl sites for hydroxylation is 1. The highest BCUT2D eigenvalue weighted by Crippen LogP contribution is 2.13. The van der Waals surface area contributed by atoms with E-state index in [1.54, 1.807) is 18.4 Å². The molecule has 1 aromatic carbocycles. The van der Waals surface area contributed by atoms with Gasteiger partial charge in [-0.2, -0.15) is 0 Å². The number of nitrogens with zero attached hydrogens (tertiary/aromatic N) is 2. The van der Waals surface area contributed by atoms with Crippen LogP contribution < -0.4 is 16.0 Å². The molecule has 0 saturated carbocycles. The van der Waals surface area contributed by atoms with Gasteiger partial charge in [0.2, 0.25) is 0 Å². The van der Waals surface area contributed by atoms with E-state index >= 15 is 0 Å². The fourth-order valence-electron chi connectivity index (χ4n) is 2.36. The third-order valence-electron chi connectivity index (χ3n) is 3.61. The molecule has 0 unspecified atom stereocenters. The fraction of sp³-hybridized carbons (Fsp3) is 0.450. The highest BCUT2D eigenvalue weighted by atomic mass is 32.1. The van der Waals surface area contributed by atoms with Gasteiger partial charge in [-0.05, 0) is 51.8 Å². The molecule has 0 fully saturated rings. The van der Waals surface area contributed by atoms with Crippen molar-refractivity contribution in [1.29, 1.82) is 0 Å². The highest BCUT2D eigenvalue weighted by molar-refractivity contribution is 7.11. The number of carbonyl (C=O) groups is 1. The number of anilines is 1. The number of nitrogens with one attached hydrogen (secondary N) is 3. The highest BCUT2D eigenvalue weighted by Gasteiger charge is 2.16. The molecule has 1 heterocycles. The van der Waals surface area contributed by atoms with Crippen LogP contribution in [-0.4, -0.2) is 36.2 Å². The number of ether oxygens (including phenoxy) is 1. The summed E-state index contributed by atoms with van der Waals surface area (Å²) in [6.45, 7) is 8.96. The third kappa shape index (κ3) is 7.96. The van der Waals surface area contributed by atoms with E-state index in [1.807, 2.05) is 58.2 Å². The molecule has 0 radical (unpaired) electrons. The lowest BCUT2D eigenvalue weighted by Gasteiger charge is -2.19. The number of aliphatic imine (C=N–C) groups is 1. The summed E-state index contributed by atoms with van der Waals surface area (Å²) in [4.78, 5) is 21.5. The predicted octanol–water partition coefficient (Wildman–Crippen LogP) is 3.71. The molecule has 0 atom stereocenters. The van der Waals surface area contributed by atoms with E-state index in [4.69, 9.17) is 4.74 Å². The van der Waals surface area contributed by atoms with E-state index in [1.165, 1.54) is 4.88 Å². The Morgan fingerprint density at radius 3 is 2.50 bits per heavy atom. The van der Waals surface area contributed by atoms with Gasteiger partial charge in [-0.15, -0.1) is 11.3 Å². The first kappa shape index (κ1) is 21.7. The van der Waals surface area contributed by atoms with Gasteiger partial charge in [0.05, 0.1) is 6.54 Å². The van der Waals surface area contributed by atoms with Gasteiger partial charge in [0.15, 0.2) is 5.96 Å². The van der Waals surface area contributed by atoms with Crippen molar-refractivity contribution in [3.63, 3.8) is 0 Å². The lowest BCUT2D eigenvalue weighted by Crippen LogP contribution is -2.37. The minimum Gasteiger partial charge on any atom is -0.444 e. The van der Waals surface area contributed by atoms with Crippen molar-refractivity contribution >= 4 is 29.1 Å². The molecule has 0 spiro atoms. The smallest absolute Gasteiger partial charge is 0.412 e. The van der Waals surface area contributed by atoms with Crippen LogP contribution in [0.3, 0.4) is 0 Å². The monoisotopic (exact) mass is 403 g/mol. The number of amides is 1. The minimum atomic E-state index is -0.513. The van der Waals surface area contributed by atoms with Gasteiger partial charge in [0.25, 0.3) is 0 Å². The molecule has 0 aliphatic heterocycles. The van der Waals surface area contributed by atoms with Crippen molar-refractivity contribution in [2.24, 2.45) is 4.99 Å². The van der Waals surface area contributed by atoms with Gasteiger partial charge in [-0.1, -0.05) is 12.1 Å². The Bertz CT molecular complexity index is 794. The van der Waals surface area contributed by atoms with E-state index in [2.05, 4.69) is 25.9 Å². The Kier molecular flexibility index (Phi) is 7.80. The van der Waals surface area contributed by atoms with Crippen LogP contribution in [0.25, 0.3) is 0 Å². The first-order valence-corrected chi connectivity index (χ1v) is 10.0. The van der Waals surface area contributed by atoms with Crippen LogP contribution in [0, 0.1) is 6.92 Å². The minimum absolute atomic E-state index is 0.452. The van der Waals surface area contributed by atoms with Gasteiger partial charge in [-0.3, -0.25) is 10.3 Å². The van der Waals surface area contributed by atoms with Crippen molar-refractivity contribution in [2.75, 3.05) is 18.9 Å². The molecular weight excluding hydrogens is 374 g/mol. The normalized spacial score (nSPS) is 11.8. The number of hydrogen-bond acceptors (Lipinski definition) is 5. The first-order chi connectivity index (χ1) is 13.2.